The predicted molar refractivity (Wildman–Crippen MR) is 204 cm³/mol. The summed E-state index contributed by atoms with van der Waals surface area (Å²) < 4.78 is 30.8. The summed E-state index contributed by atoms with van der Waals surface area (Å²) in [5.41, 5.74) is 16.6. The SMILES string of the molecule is C.COCCOCCOCC(=O)N1CCC(Cc2nnc(Cl)c(N)n2)CC1.COCCOCCOCC(=O)N1CCC(N)CC1.Nc1nc(Cl)nnc1Cl. The number of amides is 2. The minimum atomic E-state index is -0.00287. The van der Waals surface area contributed by atoms with Crippen molar-refractivity contribution in [1.29, 1.82) is 0 Å². The summed E-state index contributed by atoms with van der Waals surface area (Å²) in [7, 11) is 3.25. The molecule has 2 aromatic rings. The standard InChI is InChI=1S/C16H26ClN5O4.C12H24N2O4.C3H2Cl2N4.CH4/c1-24-6-7-25-8-9-26-11-14(23)22-4-2-12(3-5-22)10-13-19-16(18)15(17)21-20-13;1-16-6-7-17-8-9-18-10-12(15)14-4-2-11(13)3-5-14;4-1-2(6)7-3(5)9-8-1;/h12H,2-11H2,1H3,(H2,18,19,20);11H,2-10,13H2,1H3;(H2,6,7,9);1H4. The second-order valence-electron chi connectivity index (χ2n) is 11.7. The normalized spacial score (nSPS) is 14.7. The number of methoxy groups -OCH3 is 2. The van der Waals surface area contributed by atoms with Gasteiger partial charge in [0.1, 0.15) is 13.2 Å². The van der Waals surface area contributed by atoms with Crippen molar-refractivity contribution >= 4 is 58.3 Å². The van der Waals surface area contributed by atoms with Gasteiger partial charge in [0.2, 0.25) is 17.1 Å². The highest BCUT2D eigenvalue weighted by Gasteiger charge is 2.24. The molecule has 2 fully saturated rings. The van der Waals surface area contributed by atoms with Gasteiger partial charge in [0.15, 0.2) is 27.8 Å². The Morgan fingerprint density at radius 2 is 1.07 bits per heavy atom. The number of hydrogen-bond acceptors (Lipinski definition) is 17. The summed E-state index contributed by atoms with van der Waals surface area (Å²) in [4.78, 5) is 35.2. The fraction of sp³-hybridized carbons (Fsp3) is 0.750. The van der Waals surface area contributed by atoms with Crippen LogP contribution in [0.4, 0.5) is 11.6 Å². The highest BCUT2D eigenvalue weighted by molar-refractivity contribution is 6.32. The molecule has 2 amide bonds. The van der Waals surface area contributed by atoms with E-state index in [0.717, 1.165) is 38.8 Å². The first-order chi connectivity index (χ1) is 25.5. The Balaban J connectivity index is 0.000000449. The van der Waals surface area contributed by atoms with Crippen LogP contribution in [0, 0.1) is 5.92 Å². The van der Waals surface area contributed by atoms with Crippen LogP contribution in [0.5, 0.6) is 0 Å². The number of rotatable bonds is 18. The number of piperidine rings is 2. The molecule has 0 spiro atoms. The second-order valence-corrected chi connectivity index (χ2v) is 12.8. The zero-order valence-electron chi connectivity index (χ0n) is 30.3. The third-order valence-electron chi connectivity index (χ3n) is 7.75. The Bertz CT molecular complexity index is 1330. The molecule has 0 bridgehead atoms. The Hall–Kier alpha value is -2.85. The Morgan fingerprint density at radius 1 is 0.648 bits per heavy atom. The van der Waals surface area contributed by atoms with Crippen molar-refractivity contribution in [2.24, 2.45) is 11.7 Å². The first-order valence-corrected chi connectivity index (χ1v) is 18.2. The van der Waals surface area contributed by atoms with E-state index in [9.17, 15) is 9.59 Å². The van der Waals surface area contributed by atoms with Gasteiger partial charge in [-0.15, -0.1) is 20.4 Å². The molecule has 0 aromatic carbocycles. The fourth-order valence-electron chi connectivity index (χ4n) is 4.77. The van der Waals surface area contributed by atoms with Gasteiger partial charge < -0.3 is 55.4 Å². The third-order valence-corrected chi connectivity index (χ3v) is 8.45. The fourth-order valence-corrected chi connectivity index (χ4v) is 5.06. The summed E-state index contributed by atoms with van der Waals surface area (Å²) in [5.74, 6) is 1.34. The van der Waals surface area contributed by atoms with Crippen molar-refractivity contribution in [2.45, 2.75) is 45.6 Å². The highest BCUT2D eigenvalue weighted by Crippen LogP contribution is 2.21. The van der Waals surface area contributed by atoms with E-state index in [2.05, 4.69) is 30.4 Å². The summed E-state index contributed by atoms with van der Waals surface area (Å²) in [6.45, 7) is 7.09. The van der Waals surface area contributed by atoms with Gasteiger partial charge in [-0.05, 0) is 43.2 Å². The number of carbonyl (C=O) groups excluding carboxylic acids is 2. The number of halogens is 3. The van der Waals surface area contributed by atoms with Crippen LogP contribution in [-0.2, 0) is 44.4 Å². The minimum Gasteiger partial charge on any atom is -0.382 e. The van der Waals surface area contributed by atoms with E-state index in [1.54, 1.807) is 14.2 Å². The Morgan fingerprint density at radius 3 is 1.52 bits per heavy atom. The van der Waals surface area contributed by atoms with Gasteiger partial charge in [-0.2, -0.15) is 4.98 Å². The molecule has 0 atom stereocenters. The molecule has 6 N–H and O–H groups in total. The van der Waals surface area contributed by atoms with Crippen LogP contribution in [0.1, 0.15) is 38.9 Å². The van der Waals surface area contributed by atoms with Crippen molar-refractivity contribution in [1.82, 2.24) is 40.2 Å². The number of hydrogen-bond donors (Lipinski definition) is 3. The van der Waals surface area contributed by atoms with E-state index in [1.807, 2.05) is 9.80 Å². The van der Waals surface area contributed by atoms with Crippen LogP contribution in [0.15, 0.2) is 0 Å². The molecular formula is C32H56Cl3N11O8. The quantitative estimate of drug-likeness (QED) is 0.180. The molecule has 22 heteroatoms. The first-order valence-electron chi connectivity index (χ1n) is 17.1. The Labute approximate surface area is 332 Å². The lowest BCUT2D eigenvalue weighted by molar-refractivity contribution is -0.138. The number of ether oxygens (including phenoxy) is 6. The zero-order chi connectivity index (χ0) is 38.8. The molecule has 0 radical (unpaired) electrons. The molecular weight excluding hydrogens is 773 g/mol. The van der Waals surface area contributed by atoms with Crippen molar-refractivity contribution in [3.8, 4) is 0 Å². The molecule has 308 valence electrons. The molecule has 0 saturated carbocycles. The molecule has 0 unspecified atom stereocenters. The molecule has 4 rings (SSSR count). The van der Waals surface area contributed by atoms with Gasteiger partial charge >= 0.3 is 0 Å². The summed E-state index contributed by atoms with van der Waals surface area (Å²) in [5, 5.41) is 14.6. The summed E-state index contributed by atoms with van der Waals surface area (Å²) in [6, 6.07) is 0.240. The van der Waals surface area contributed by atoms with Crippen LogP contribution in [-0.4, -0.2) is 164 Å². The van der Waals surface area contributed by atoms with Crippen molar-refractivity contribution < 1.29 is 38.0 Å². The molecule has 4 heterocycles. The lowest BCUT2D eigenvalue weighted by Crippen LogP contribution is -2.44. The largest absolute Gasteiger partial charge is 0.382 e. The number of likely N-dealkylation sites (tertiary alicyclic amines) is 2. The maximum atomic E-state index is 12.2. The smallest absolute Gasteiger partial charge is 0.248 e. The van der Waals surface area contributed by atoms with E-state index < -0.39 is 0 Å². The molecule has 54 heavy (non-hydrogen) atoms. The van der Waals surface area contributed by atoms with Gasteiger partial charge in [0.05, 0.1) is 52.9 Å². The van der Waals surface area contributed by atoms with Crippen LogP contribution >= 0.6 is 34.8 Å². The van der Waals surface area contributed by atoms with Gasteiger partial charge in [-0.25, -0.2) is 4.98 Å². The van der Waals surface area contributed by atoms with Gasteiger partial charge in [-0.3, -0.25) is 9.59 Å². The van der Waals surface area contributed by atoms with E-state index >= 15 is 0 Å². The monoisotopic (exact) mass is 827 g/mol. The average Bonchev–Trinajstić information content (AvgIpc) is 3.15. The number of anilines is 2. The van der Waals surface area contributed by atoms with E-state index in [1.165, 1.54) is 0 Å². The first kappa shape index (κ1) is 49.2. The average molecular weight is 829 g/mol. The maximum absolute atomic E-state index is 12.2. The van der Waals surface area contributed by atoms with Crippen LogP contribution < -0.4 is 17.2 Å². The van der Waals surface area contributed by atoms with Gasteiger partial charge in [0, 0.05) is 52.9 Å². The maximum Gasteiger partial charge on any atom is 0.248 e. The number of nitrogen functional groups attached to an aromatic ring is 2. The minimum absolute atomic E-state index is 0. The highest BCUT2D eigenvalue weighted by atomic mass is 35.5. The van der Waals surface area contributed by atoms with E-state index in [4.69, 9.17) is 80.4 Å². The molecule has 0 aliphatic carbocycles. The van der Waals surface area contributed by atoms with Crippen molar-refractivity contribution in [3.63, 3.8) is 0 Å². The molecule has 2 aliphatic heterocycles. The van der Waals surface area contributed by atoms with E-state index in [0.29, 0.717) is 84.1 Å². The lowest BCUT2D eigenvalue weighted by Gasteiger charge is -2.31. The molecule has 2 saturated heterocycles. The number of nitrogens with two attached hydrogens (primary N) is 3. The topological polar surface area (TPSA) is 251 Å². The molecule has 2 aliphatic rings. The van der Waals surface area contributed by atoms with Crippen molar-refractivity contribution in [3.05, 3.63) is 21.4 Å². The second kappa shape index (κ2) is 29.4. The molecule has 2 aromatic heterocycles. The van der Waals surface area contributed by atoms with E-state index in [-0.39, 0.29) is 65.7 Å². The van der Waals surface area contributed by atoms with Gasteiger partial charge in [0.25, 0.3) is 0 Å². The van der Waals surface area contributed by atoms with Crippen molar-refractivity contribution in [2.75, 3.05) is 118 Å². The van der Waals surface area contributed by atoms with Crippen LogP contribution in [0.25, 0.3) is 0 Å². The predicted octanol–water partition coefficient (Wildman–Crippen LogP) is 1.58. The molecule has 19 nitrogen and oxygen atoms in total. The number of nitrogens with zero attached hydrogens (tertiary/aromatic N) is 8. The summed E-state index contributed by atoms with van der Waals surface area (Å²) >= 11 is 16.4. The number of aromatic nitrogens is 6. The third kappa shape index (κ3) is 21.3. The lowest BCUT2D eigenvalue weighted by atomic mass is 9.93. The van der Waals surface area contributed by atoms with Crippen LogP contribution in [0.3, 0.4) is 0 Å². The van der Waals surface area contributed by atoms with Gasteiger partial charge in [-0.1, -0.05) is 30.6 Å². The number of carbonyl (C=O) groups is 2. The van der Waals surface area contributed by atoms with Crippen LogP contribution in [0.2, 0.25) is 15.6 Å². The summed E-state index contributed by atoms with van der Waals surface area (Å²) in [6.07, 6.45) is 4.22. The zero-order valence-corrected chi connectivity index (χ0v) is 32.6. The Kier molecular flexibility index (Phi) is 26.8.